The van der Waals surface area contributed by atoms with Crippen LogP contribution < -0.4 is 0 Å². The molecule has 0 aliphatic heterocycles. The molecule has 2 unspecified atom stereocenters. The monoisotopic (exact) mass is 257 g/mol. The van der Waals surface area contributed by atoms with Crippen molar-refractivity contribution in [3.63, 3.8) is 0 Å². The molecule has 1 saturated carbocycles. The van der Waals surface area contributed by atoms with Gasteiger partial charge in [-0.3, -0.25) is 9.69 Å². The lowest BCUT2D eigenvalue weighted by molar-refractivity contribution is -0.125. The van der Waals surface area contributed by atoms with E-state index in [2.05, 4.69) is 11.8 Å². The molecule has 4 nitrogen and oxygen atoms in total. The lowest BCUT2D eigenvalue weighted by Crippen LogP contribution is -2.49. The molecule has 0 amide bonds. The Labute approximate surface area is 111 Å². The van der Waals surface area contributed by atoms with Gasteiger partial charge < -0.3 is 9.47 Å². The highest BCUT2D eigenvalue weighted by atomic mass is 16.5. The van der Waals surface area contributed by atoms with Gasteiger partial charge in [-0.2, -0.15) is 0 Å². The largest absolute Gasteiger partial charge is 0.383 e. The number of nitrogens with zero attached hydrogens (tertiary/aromatic N) is 1. The molecule has 1 fully saturated rings. The summed E-state index contributed by atoms with van der Waals surface area (Å²) < 4.78 is 10.4. The third-order valence-corrected chi connectivity index (χ3v) is 3.70. The van der Waals surface area contributed by atoms with E-state index in [-0.39, 0.29) is 12.1 Å². The molecule has 2 atom stereocenters. The van der Waals surface area contributed by atoms with Crippen molar-refractivity contribution in [2.75, 3.05) is 34.0 Å². The minimum atomic E-state index is 0.0628. The molecule has 106 valence electrons. The first-order valence-electron chi connectivity index (χ1n) is 6.97. The number of ether oxygens (including phenoxy) is 2. The summed E-state index contributed by atoms with van der Waals surface area (Å²) >= 11 is 0. The first-order chi connectivity index (χ1) is 8.70. The van der Waals surface area contributed by atoms with Crippen LogP contribution >= 0.6 is 0 Å². The molecule has 0 aromatic carbocycles. The van der Waals surface area contributed by atoms with Crippen LogP contribution in [0, 0.1) is 0 Å². The van der Waals surface area contributed by atoms with Crippen molar-refractivity contribution in [3.05, 3.63) is 0 Å². The van der Waals surface area contributed by atoms with E-state index in [1.54, 1.807) is 14.2 Å². The van der Waals surface area contributed by atoms with Gasteiger partial charge in [0.1, 0.15) is 5.78 Å². The SMILES string of the molecule is COCCN(C(C)COC)C1CCCCCC1=O. The van der Waals surface area contributed by atoms with Gasteiger partial charge in [-0.1, -0.05) is 12.8 Å². The summed E-state index contributed by atoms with van der Waals surface area (Å²) in [7, 11) is 3.41. The summed E-state index contributed by atoms with van der Waals surface area (Å²) in [6, 6.07) is 0.324. The molecule has 0 N–H and O–H groups in total. The van der Waals surface area contributed by atoms with E-state index >= 15 is 0 Å². The second-order valence-electron chi connectivity index (χ2n) is 5.12. The third kappa shape index (κ3) is 4.67. The summed E-state index contributed by atoms with van der Waals surface area (Å²) in [6.07, 6.45) is 5.09. The Morgan fingerprint density at radius 3 is 2.72 bits per heavy atom. The molecule has 1 rings (SSSR count). The maximum atomic E-state index is 12.2. The van der Waals surface area contributed by atoms with E-state index in [9.17, 15) is 4.79 Å². The highest BCUT2D eigenvalue weighted by Gasteiger charge is 2.29. The van der Waals surface area contributed by atoms with Crippen LogP contribution in [0.1, 0.15) is 39.0 Å². The average Bonchev–Trinajstić information content (AvgIpc) is 2.56. The molecule has 1 aliphatic rings. The van der Waals surface area contributed by atoms with Crippen molar-refractivity contribution < 1.29 is 14.3 Å². The van der Waals surface area contributed by atoms with Gasteiger partial charge in [0.05, 0.1) is 19.3 Å². The fraction of sp³-hybridized carbons (Fsp3) is 0.929. The van der Waals surface area contributed by atoms with Crippen molar-refractivity contribution in [2.45, 2.75) is 51.1 Å². The number of methoxy groups -OCH3 is 2. The lowest BCUT2D eigenvalue weighted by atomic mass is 10.0. The molecular weight excluding hydrogens is 230 g/mol. The second-order valence-corrected chi connectivity index (χ2v) is 5.12. The van der Waals surface area contributed by atoms with Crippen LogP contribution in [0.2, 0.25) is 0 Å². The number of hydrogen-bond donors (Lipinski definition) is 0. The van der Waals surface area contributed by atoms with E-state index in [1.807, 2.05) is 0 Å². The lowest BCUT2D eigenvalue weighted by Gasteiger charge is -2.34. The number of Topliss-reactive ketones (excluding diaryl/α,β-unsaturated/α-hetero) is 1. The second kappa shape index (κ2) is 8.62. The van der Waals surface area contributed by atoms with Crippen LogP contribution in [0.25, 0.3) is 0 Å². The Balaban J connectivity index is 2.68. The quantitative estimate of drug-likeness (QED) is 0.653. The van der Waals surface area contributed by atoms with Crippen LogP contribution in [-0.4, -0.2) is 56.7 Å². The fourth-order valence-corrected chi connectivity index (χ4v) is 2.71. The minimum absolute atomic E-state index is 0.0628. The van der Waals surface area contributed by atoms with Crippen LogP contribution in [0.3, 0.4) is 0 Å². The molecule has 4 heteroatoms. The Hall–Kier alpha value is -0.450. The van der Waals surface area contributed by atoms with Crippen LogP contribution in [-0.2, 0) is 14.3 Å². The highest BCUT2D eigenvalue weighted by molar-refractivity contribution is 5.84. The summed E-state index contributed by atoms with van der Waals surface area (Å²) in [5.74, 6) is 0.395. The zero-order chi connectivity index (χ0) is 13.4. The summed E-state index contributed by atoms with van der Waals surface area (Å²) in [5.41, 5.74) is 0. The smallest absolute Gasteiger partial charge is 0.149 e. The highest BCUT2D eigenvalue weighted by Crippen LogP contribution is 2.21. The zero-order valence-electron chi connectivity index (χ0n) is 12.0. The average molecular weight is 257 g/mol. The van der Waals surface area contributed by atoms with Gasteiger partial charge in [-0.25, -0.2) is 0 Å². The fourth-order valence-electron chi connectivity index (χ4n) is 2.71. The van der Waals surface area contributed by atoms with Gasteiger partial charge in [-0.15, -0.1) is 0 Å². The van der Waals surface area contributed by atoms with Crippen molar-refractivity contribution in [1.82, 2.24) is 4.90 Å². The molecule has 0 saturated heterocycles. The summed E-state index contributed by atoms with van der Waals surface area (Å²) in [6.45, 7) is 4.25. The van der Waals surface area contributed by atoms with Gasteiger partial charge in [-0.05, 0) is 19.8 Å². The molecule has 18 heavy (non-hydrogen) atoms. The standard InChI is InChI=1S/C14H27NO3/c1-12(11-18-3)15(9-10-17-2)13-7-5-4-6-8-14(13)16/h12-13H,4-11H2,1-3H3. The van der Waals surface area contributed by atoms with Crippen molar-refractivity contribution >= 4 is 5.78 Å². The maximum Gasteiger partial charge on any atom is 0.149 e. The van der Waals surface area contributed by atoms with E-state index in [0.717, 1.165) is 32.2 Å². The third-order valence-electron chi connectivity index (χ3n) is 3.70. The van der Waals surface area contributed by atoms with E-state index < -0.39 is 0 Å². The summed E-state index contributed by atoms with van der Waals surface area (Å²) in [5, 5.41) is 0. The zero-order valence-corrected chi connectivity index (χ0v) is 12.0. The number of hydrogen-bond acceptors (Lipinski definition) is 4. The molecule has 0 aromatic rings. The minimum Gasteiger partial charge on any atom is -0.383 e. The Kier molecular flexibility index (Phi) is 7.47. The number of rotatable bonds is 7. The van der Waals surface area contributed by atoms with Gasteiger partial charge in [0.25, 0.3) is 0 Å². The molecule has 0 heterocycles. The van der Waals surface area contributed by atoms with Crippen molar-refractivity contribution in [2.24, 2.45) is 0 Å². The molecular formula is C14H27NO3. The predicted octanol–water partition coefficient (Wildman–Crippen LogP) is 1.87. The van der Waals surface area contributed by atoms with Crippen molar-refractivity contribution in [3.8, 4) is 0 Å². The van der Waals surface area contributed by atoms with Crippen molar-refractivity contribution in [1.29, 1.82) is 0 Å². The molecule has 1 aliphatic carbocycles. The van der Waals surface area contributed by atoms with Crippen LogP contribution in [0.5, 0.6) is 0 Å². The topological polar surface area (TPSA) is 38.8 Å². The molecule has 0 aromatic heterocycles. The van der Waals surface area contributed by atoms with Gasteiger partial charge in [0, 0.05) is 33.2 Å². The Morgan fingerprint density at radius 1 is 1.28 bits per heavy atom. The first kappa shape index (κ1) is 15.6. The molecule has 0 bridgehead atoms. The van der Waals surface area contributed by atoms with E-state index in [1.165, 1.54) is 6.42 Å². The molecule has 0 spiro atoms. The van der Waals surface area contributed by atoms with Gasteiger partial charge >= 0.3 is 0 Å². The Morgan fingerprint density at radius 2 is 2.06 bits per heavy atom. The number of carbonyl (C=O) groups is 1. The van der Waals surface area contributed by atoms with E-state index in [4.69, 9.17) is 9.47 Å². The summed E-state index contributed by atoms with van der Waals surface area (Å²) in [4.78, 5) is 14.5. The number of ketones is 1. The predicted molar refractivity (Wildman–Crippen MR) is 71.8 cm³/mol. The molecule has 0 radical (unpaired) electrons. The van der Waals surface area contributed by atoms with E-state index in [0.29, 0.717) is 19.0 Å². The van der Waals surface area contributed by atoms with Crippen LogP contribution in [0.15, 0.2) is 0 Å². The van der Waals surface area contributed by atoms with Crippen LogP contribution in [0.4, 0.5) is 0 Å². The normalized spacial score (nSPS) is 23.1. The van der Waals surface area contributed by atoms with Gasteiger partial charge in [0.2, 0.25) is 0 Å². The Bertz CT molecular complexity index is 245. The van der Waals surface area contributed by atoms with Gasteiger partial charge in [0.15, 0.2) is 0 Å². The first-order valence-corrected chi connectivity index (χ1v) is 6.97. The maximum absolute atomic E-state index is 12.2. The number of carbonyl (C=O) groups excluding carboxylic acids is 1.